The third kappa shape index (κ3) is 3.54. The maximum Gasteiger partial charge on any atom is 0.337 e. The molecular formula is C16H16O3S. The summed E-state index contributed by atoms with van der Waals surface area (Å²) < 4.78 is 10.1. The number of ether oxygens (including phenoxy) is 2. The van der Waals surface area contributed by atoms with Gasteiger partial charge in [-0.05, 0) is 23.8 Å². The van der Waals surface area contributed by atoms with Gasteiger partial charge in [0.1, 0.15) is 5.75 Å². The molecule has 0 fully saturated rings. The molecule has 0 aliphatic carbocycles. The zero-order valence-electron chi connectivity index (χ0n) is 11.5. The van der Waals surface area contributed by atoms with E-state index in [2.05, 4.69) is 12.1 Å². The molecular weight excluding hydrogens is 272 g/mol. The summed E-state index contributed by atoms with van der Waals surface area (Å²) in [6.45, 7) is 0. The molecule has 0 saturated carbocycles. The number of methoxy groups -OCH3 is 2. The Balaban J connectivity index is 2.18. The minimum atomic E-state index is -0.339. The summed E-state index contributed by atoms with van der Waals surface area (Å²) in [5.74, 6) is 1.25. The largest absolute Gasteiger partial charge is 0.496 e. The second-order valence-electron chi connectivity index (χ2n) is 4.13. The molecule has 0 amide bonds. The quantitative estimate of drug-likeness (QED) is 0.619. The van der Waals surface area contributed by atoms with Crippen LogP contribution in [0, 0.1) is 0 Å². The van der Waals surface area contributed by atoms with Crippen molar-refractivity contribution in [3.63, 3.8) is 0 Å². The zero-order valence-corrected chi connectivity index (χ0v) is 12.3. The lowest BCUT2D eigenvalue weighted by atomic mass is 10.2. The van der Waals surface area contributed by atoms with Crippen molar-refractivity contribution < 1.29 is 14.3 Å². The molecule has 0 unspecified atom stereocenters. The van der Waals surface area contributed by atoms with Gasteiger partial charge in [-0.2, -0.15) is 0 Å². The average molecular weight is 288 g/mol. The van der Waals surface area contributed by atoms with Crippen molar-refractivity contribution in [3.05, 3.63) is 59.7 Å². The second-order valence-corrected chi connectivity index (χ2v) is 5.15. The molecule has 4 heteroatoms. The Kier molecular flexibility index (Phi) is 5.07. The van der Waals surface area contributed by atoms with E-state index < -0.39 is 0 Å². The van der Waals surface area contributed by atoms with Crippen LogP contribution in [0.2, 0.25) is 0 Å². The van der Waals surface area contributed by atoms with Gasteiger partial charge in [-0.15, -0.1) is 11.8 Å². The highest BCUT2D eigenvalue weighted by Gasteiger charge is 2.10. The van der Waals surface area contributed by atoms with Gasteiger partial charge in [0.2, 0.25) is 0 Å². The Morgan fingerprint density at radius 3 is 2.50 bits per heavy atom. The molecule has 0 radical (unpaired) electrons. The SMILES string of the molecule is COC(=O)c1ccc(OC)c(SCc2ccccc2)c1. The molecule has 2 rings (SSSR count). The van der Waals surface area contributed by atoms with Crippen molar-refractivity contribution in [1.82, 2.24) is 0 Å². The first kappa shape index (κ1) is 14.5. The number of carbonyl (C=O) groups is 1. The van der Waals surface area contributed by atoms with E-state index in [9.17, 15) is 4.79 Å². The lowest BCUT2D eigenvalue weighted by molar-refractivity contribution is 0.0600. The predicted molar refractivity (Wildman–Crippen MR) is 80.3 cm³/mol. The summed E-state index contributed by atoms with van der Waals surface area (Å²) >= 11 is 1.63. The number of carbonyl (C=O) groups excluding carboxylic acids is 1. The molecule has 2 aromatic carbocycles. The lowest BCUT2D eigenvalue weighted by Gasteiger charge is -2.09. The van der Waals surface area contributed by atoms with Crippen LogP contribution >= 0.6 is 11.8 Å². The van der Waals surface area contributed by atoms with Crippen molar-refractivity contribution in [2.24, 2.45) is 0 Å². The van der Waals surface area contributed by atoms with E-state index in [4.69, 9.17) is 9.47 Å². The van der Waals surface area contributed by atoms with Crippen molar-refractivity contribution in [3.8, 4) is 5.75 Å². The van der Waals surface area contributed by atoms with Crippen LogP contribution in [0.15, 0.2) is 53.4 Å². The number of hydrogen-bond donors (Lipinski definition) is 0. The number of hydrogen-bond acceptors (Lipinski definition) is 4. The number of rotatable bonds is 5. The van der Waals surface area contributed by atoms with E-state index in [0.29, 0.717) is 5.56 Å². The molecule has 0 aromatic heterocycles. The van der Waals surface area contributed by atoms with Crippen LogP contribution < -0.4 is 4.74 Å². The van der Waals surface area contributed by atoms with Crippen molar-refractivity contribution in [2.45, 2.75) is 10.6 Å². The molecule has 0 bridgehead atoms. The molecule has 20 heavy (non-hydrogen) atoms. The van der Waals surface area contributed by atoms with Crippen molar-refractivity contribution in [2.75, 3.05) is 14.2 Å². The average Bonchev–Trinajstić information content (AvgIpc) is 2.52. The van der Waals surface area contributed by atoms with Crippen LogP contribution in [-0.2, 0) is 10.5 Å². The van der Waals surface area contributed by atoms with E-state index in [1.54, 1.807) is 37.1 Å². The molecule has 0 saturated heterocycles. The van der Waals surface area contributed by atoms with Crippen LogP contribution in [-0.4, -0.2) is 20.2 Å². The van der Waals surface area contributed by atoms with E-state index in [1.165, 1.54) is 12.7 Å². The third-order valence-electron chi connectivity index (χ3n) is 2.82. The Bertz CT molecular complexity index is 582. The molecule has 3 nitrogen and oxygen atoms in total. The van der Waals surface area contributed by atoms with Gasteiger partial charge in [-0.3, -0.25) is 0 Å². The van der Waals surface area contributed by atoms with Gasteiger partial charge >= 0.3 is 5.97 Å². The molecule has 104 valence electrons. The highest BCUT2D eigenvalue weighted by Crippen LogP contribution is 2.32. The van der Waals surface area contributed by atoms with Gasteiger partial charge < -0.3 is 9.47 Å². The fraction of sp³-hybridized carbons (Fsp3) is 0.188. The fourth-order valence-electron chi connectivity index (χ4n) is 1.77. The monoisotopic (exact) mass is 288 g/mol. The minimum absolute atomic E-state index is 0.339. The lowest BCUT2D eigenvalue weighted by Crippen LogP contribution is -2.01. The summed E-state index contributed by atoms with van der Waals surface area (Å²) in [5, 5.41) is 0. The molecule has 0 spiro atoms. The van der Waals surface area contributed by atoms with Crippen LogP contribution in [0.1, 0.15) is 15.9 Å². The van der Waals surface area contributed by atoms with Crippen LogP contribution in [0.25, 0.3) is 0 Å². The third-order valence-corrected chi connectivity index (χ3v) is 3.93. The van der Waals surface area contributed by atoms with Gasteiger partial charge in [0.15, 0.2) is 0 Å². The molecule has 0 N–H and O–H groups in total. The van der Waals surface area contributed by atoms with E-state index in [1.807, 2.05) is 18.2 Å². The Morgan fingerprint density at radius 1 is 1.10 bits per heavy atom. The van der Waals surface area contributed by atoms with Gasteiger partial charge in [-0.1, -0.05) is 30.3 Å². The normalized spacial score (nSPS) is 10.1. The summed E-state index contributed by atoms with van der Waals surface area (Å²) in [4.78, 5) is 12.5. The summed E-state index contributed by atoms with van der Waals surface area (Å²) in [5.41, 5.74) is 1.76. The highest BCUT2D eigenvalue weighted by molar-refractivity contribution is 7.98. The Labute approximate surface area is 122 Å². The number of benzene rings is 2. The predicted octanol–water partition coefficient (Wildman–Crippen LogP) is 3.77. The van der Waals surface area contributed by atoms with Gasteiger partial charge in [-0.25, -0.2) is 4.79 Å². The fourth-order valence-corrected chi connectivity index (χ4v) is 2.79. The second kappa shape index (κ2) is 7.01. The number of esters is 1. The Hall–Kier alpha value is -1.94. The molecule has 0 heterocycles. The summed E-state index contributed by atoms with van der Waals surface area (Å²) in [6.07, 6.45) is 0. The van der Waals surface area contributed by atoms with E-state index >= 15 is 0 Å². The molecule has 2 aromatic rings. The standard InChI is InChI=1S/C16H16O3S/c1-18-14-9-8-13(16(17)19-2)10-15(14)20-11-12-6-4-3-5-7-12/h3-10H,11H2,1-2H3. The molecule has 0 atom stereocenters. The van der Waals surface area contributed by atoms with Gasteiger partial charge in [0.25, 0.3) is 0 Å². The smallest absolute Gasteiger partial charge is 0.337 e. The van der Waals surface area contributed by atoms with Gasteiger partial charge in [0, 0.05) is 5.75 Å². The molecule has 0 aliphatic rings. The Morgan fingerprint density at radius 2 is 1.85 bits per heavy atom. The first-order chi connectivity index (χ1) is 9.74. The highest BCUT2D eigenvalue weighted by atomic mass is 32.2. The van der Waals surface area contributed by atoms with Crippen LogP contribution in [0.3, 0.4) is 0 Å². The van der Waals surface area contributed by atoms with Crippen molar-refractivity contribution in [1.29, 1.82) is 0 Å². The molecule has 0 aliphatic heterocycles. The van der Waals surface area contributed by atoms with Crippen molar-refractivity contribution >= 4 is 17.7 Å². The zero-order chi connectivity index (χ0) is 14.4. The topological polar surface area (TPSA) is 35.5 Å². The maximum atomic E-state index is 11.6. The van der Waals surface area contributed by atoms with E-state index in [0.717, 1.165) is 16.4 Å². The van der Waals surface area contributed by atoms with Crippen LogP contribution in [0.5, 0.6) is 5.75 Å². The summed E-state index contributed by atoms with van der Waals surface area (Å²) in [7, 11) is 3.00. The van der Waals surface area contributed by atoms with Crippen LogP contribution in [0.4, 0.5) is 0 Å². The maximum absolute atomic E-state index is 11.6. The minimum Gasteiger partial charge on any atom is -0.496 e. The first-order valence-electron chi connectivity index (χ1n) is 6.17. The number of thioether (sulfide) groups is 1. The summed E-state index contributed by atoms with van der Waals surface area (Å²) in [6, 6.07) is 15.5. The first-order valence-corrected chi connectivity index (χ1v) is 7.16. The van der Waals surface area contributed by atoms with E-state index in [-0.39, 0.29) is 5.97 Å². The van der Waals surface area contributed by atoms with Gasteiger partial charge in [0.05, 0.1) is 24.7 Å².